The Hall–Kier alpha value is -2.95. The molecule has 0 saturated heterocycles. The molecule has 3 aromatic rings. The van der Waals surface area contributed by atoms with Crippen molar-refractivity contribution in [3.05, 3.63) is 69.3 Å². The van der Waals surface area contributed by atoms with E-state index in [4.69, 9.17) is 0 Å². The fourth-order valence-electron chi connectivity index (χ4n) is 3.03. The summed E-state index contributed by atoms with van der Waals surface area (Å²) in [6.07, 6.45) is 0. The molecule has 1 aromatic carbocycles. The first-order valence-electron chi connectivity index (χ1n) is 8.87. The summed E-state index contributed by atoms with van der Waals surface area (Å²) in [7, 11) is 0. The van der Waals surface area contributed by atoms with Crippen LogP contribution in [0.4, 0.5) is 10.2 Å². The number of nitrogens with one attached hydrogen (secondary N) is 2. The minimum absolute atomic E-state index is 0.0496. The van der Waals surface area contributed by atoms with Crippen molar-refractivity contribution in [1.29, 1.82) is 5.26 Å². The summed E-state index contributed by atoms with van der Waals surface area (Å²) in [6, 6.07) is 12.2. The van der Waals surface area contributed by atoms with Crippen molar-refractivity contribution < 1.29 is 9.18 Å². The van der Waals surface area contributed by atoms with E-state index in [-0.39, 0.29) is 24.3 Å². The van der Waals surface area contributed by atoms with Gasteiger partial charge in [-0.2, -0.15) is 5.26 Å². The van der Waals surface area contributed by atoms with Crippen LogP contribution in [0.3, 0.4) is 0 Å². The highest BCUT2D eigenvalue weighted by atomic mass is 32.1. The number of aromatic nitrogens is 1. The minimum Gasteiger partial charge on any atom is -0.310 e. The number of hydrogen-bond donors (Lipinski definition) is 2. The number of halogens is 1. The fourth-order valence-corrected chi connectivity index (χ4v) is 3.79. The molecule has 7 heteroatoms. The SMILES string of the molecule is Cc1c(C#N)c(NC(=O)CNC(C)c2cccs2)n(-c2ccc(F)cc2)c1C. The van der Waals surface area contributed by atoms with Crippen LogP contribution in [0.15, 0.2) is 41.8 Å². The molecular formula is C21H21FN4OS. The maximum atomic E-state index is 13.3. The molecule has 0 radical (unpaired) electrons. The normalized spacial score (nSPS) is 11.8. The number of hydrogen-bond acceptors (Lipinski definition) is 4. The van der Waals surface area contributed by atoms with Gasteiger partial charge in [-0.3, -0.25) is 9.36 Å². The number of thiophene rings is 1. The second-order valence-electron chi connectivity index (χ2n) is 6.52. The molecule has 0 spiro atoms. The molecule has 2 N–H and O–H groups in total. The molecule has 0 aliphatic rings. The van der Waals surface area contributed by atoms with Crippen molar-refractivity contribution in [2.45, 2.75) is 26.8 Å². The third-order valence-corrected chi connectivity index (χ3v) is 5.76. The van der Waals surface area contributed by atoms with Gasteiger partial charge in [0.1, 0.15) is 17.7 Å². The van der Waals surface area contributed by atoms with Crippen molar-refractivity contribution in [3.8, 4) is 11.8 Å². The van der Waals surface area contributed by atoms with Gasteiger partial charge in [-0.25, -0.2) is 4.39 Å². The van der Waals surface area contributed by atoms with E-state index in [1.165, 1.54) is 12.1 Å². The summed E-state index contributed by atoms with van der Waals surface area (Å²) in [6.45, 7) is 5.80. The Morgan fingerprint density at radius 1 is 1.29 bits per heavy atom. The third-order valence-electron chi connectivity index (χ3n) is 4.71. The molecule has 2 aromatic heterocycles. The predicted octanol–water partition coefficient (Wildman–Crippen LogP) is 4.46. The van der Waals surface area contributed by atoms with Gasteiger partial charge >= 0.3 is 0 Å². The maximum absolute atomic E-state index is 13.3. The molecule has 0 saturated carbocycles. The molecular weight excluding hydrogens is 375 g/mol. The van der Waals surface area contributed by atoms with Gasteiger partial charge in [-0.15, -0.1) is 11.3 Å². The molecule has 1 unspecified atom stereocenters. The number of rotatable bonds is 6. The number of carbonyl (C=O) groups excluding carboxylic acids is 1. The fraction of sp³-hybridized carbons (Fsp3) is 0.238. The number of carbonyl (C=O) groups is 1. The van der Waals surface area contributed by atoms with E-state index in [2.05, 4.69) is 16.7 Å². The molecule has 0 aliphatic carbocycles. The van der Waals surface area contributed by atoms with Gasteiger partial charge in [0.15, 0.2) is 0 Å². The summed E-state index contributed by atoms with van der Waals surface area (Å²) >= 11 is 1.63. The lowest BCUT2D eigenvalue weighted by Crippen LogP contribution is -2.30. The van der Waals surface area contributed by atoms with Crippen LogP contribution in [0.25, 0.3) is 5.69 Å². The average Bonchev–Trinajstić information content (AvgIpc) is 3.29. The Balaban J connectivity index is 1.84. The average molecular weight is 396 g/mol. The first-order valence-corrected chi connectivity index (χ1v) is 9.75. The second kappa shape index (κ2) is 8.38. The van der Waals surface area contributed by atoms with Crippen LogP contribution in [-0.2, 0) is 4.79 Å². The van der Waals surface area contributed by atoms with E-state index >= 15 is 0 Å². The molecule has 0 fully saturated rings. The summed E-state index contributed by atoms with van der Waals surface area (Å²) in [5.41, 5.74) is 2.68. The van der Waals surface area contributed by atoms with E-state index < -0.39 is 0 Å². The van der Waals surface area contributed by atoms with Gasteiger partial charge in [-0.05, 0) is 62.0 Å². The highest BCUT2D eigenvalue weighted by Gasteiger charge is 2.21. The van der Waals surface area contributed by atoms with Crippen LogP contribution in [0.2, 0.25) is 0 Å². The molecule has 0 bridgehead atoms. The van der Waals surface area contributed by atoms with Crippen molar-refractivity contribution in [3.63, 3.8) is 0 Å². The van der Waals surface area contributed by atoms with E-state index in [0.717, 1.165) is 16.1 Å². The Labute approximate surface area is 167 Å². The summed E-state index contributed by atoms with van der Waals surface area (Å²) in [5, 5.41) is 17.6. The van der Waals surface area contributed by atoms with Crippen molar-refractivity contribution in [2.75, 3.05) is 11.9 Å². The van der Waals surface area contributed by atoms with E-state index in [1.54, 1.807) is 28.0 Å². The van der Waals surface area contributed by atoms with Crippen LogP contribution < -0.4 is 10.6 Å². The van der Waals surface area contributed by atoms with Crippen LogP contribution in [0.5, 0.6) is 0 Å². The standard InChI is InChI=1S/C21H21FN4OS/c1-13-15(3)26(17-8-6-16(22)7-9-17)21(18(13)11-23)25-20(27)12-24-14(2)19-5-4-10-28-19/h4-10,14,24H,12H2,1-3H3,(H,25,27). The molecule has 28 heavy (non-hydrogen) atoms. The number of anilines is 1. The number of benzene rings is 1. The quantitative estimate of drug-likeness (QED) is 0.646. The zero-order valence-corrected chi connectivity index (χ0v) is 16.7. The third kappa shape index (κ3) is 3.98. The Bertz CT molecular complexity index is 1020. The largest absolute Gasteiger partial charge is 0.310 e. The van der Waals surface area contributed by atoms with Gasteiger partial charge in [0.25, 0.3) is 0 Å². The lowest BCUT2D eigenvalue weighted by Gasteiger charge is -2.15. The summed E-state index contributed by atoms with van der Waals surface area (Å²) in [5.74, 6) is -0.191. The van der Waals surface area contributed by atoms with Gasteiger partial charge < -0.3 is 10.6 Å². The van der Waals surface area contributed by atoms with Gasteiger partial charge in [0.2, 0.25) is 5.91 Å². The molecule has 3 rings (SSSR count). The minimum atomic E-state index is -0.344. The van der Waals surface area contributed by atoms with Crippen molar-refractivity contribution in [1.82, 2.24) is 9.88 Å². The van der Waals surface area contributed by atoms with Crippen LogP contribution in [-0.4, -0.2) is 17.0 Å². The second-order valence-corrected chi connectivity index (χ2v) is 7.50. The van der Waals surface area contributed by atoms with Crippen LogP contribution in [0.1, 0.15) is 34.7 Å². The molecule has 1 atom stereocenters. The maximum Gasteiger partial charge on any atom is 0.239 e. The van der Waals surface area contributed by atoms with E-state index in [0.29, 0.717) is 17.1 Å². The van der Waals surface area contributed by atoms with Gasteiger partial charge in [0.05, 0.1) is 12.1 Å². The zero-order chi connectivity index (χ0) is 20.3. The molecule has 5 nitrogen and oxygen atoms in total. The molecule has 144 valence electrons. The smallest absolute Gasteiger partial charge is 0.239 e. The molecule has 0 aliphatic heterocycles. The van der Waals surface area contributed by atoms with Gasteiger partial charge in [-0.1, -0.05) is 6.07 Å². The number of nitriles is 1. The predicted molar refractivity (Wildman–Crippen MR) is 109 cm³/mol. The van der Waals surface area contributed by atoms with Gasteiger partial charge in [0, 0.05) is 22.3 Å². The van der Waals surface area contributed by atoms with Crippen LogP contribution in [0, 0.1) is 31.0 Å². The zero-order valence-electron chi connectivity index (χ0n) is 15.9. The highest BCUT2D eigenvalue weighted by Crippen LogP contribution is 2.30. The van der Waals surface area contributed by atoms with Crippen LogP contribution >= 0.6 is 11.3 Å². The van der Waals surface area contributed by atoms with E-state index in [9.17, 15) is 14.4 Å². The Morgan fingerprint density at radius 2 is 2.00 bits per heavy atom. The molecule has 2 heterocycles. The first kappa shape index (κ1) is 19.8. The topological polar surface area (TPSA) is 69.8 Å². The Kier molecular flexibility index (Phi) is 5.93. The summed E-state index contributed by atoms with van der Waals surface area (Å²) < 4.78 is 15.1. The lowest BCUT2D eigenvalue weighted by molar-refractivity contribution is -0.115. The number of amides is 1. The van der Waals surface area contributed by atoms with E-state index in [1.807, 2.05) is 38.3 Å². The summed E-state index contributed by atoms with van der Waals surface area (Å²) in [4.78, 5) is 13.7. The lowest BCUT2D eigenvalue weighted by atomic mass is 10.2. The molecule has 1 amide bonds. The highest BCUT2D eigenvalue weighted by molar-refractivity contribution is 7.10. The monoisotopic (exact) mass is 396 g/mol. The first-order chi connectivity index (χ1) is 13.4. The Morgan fingerprint density at radius 3 is 2.61 bits per heavy atom. The number of nitrogens with zero attached hydrogens (tertiary/aromatic N) is 2. The van der Waals surface area contributed by atoms with Crippen molar-refractivity contribution in [2.24, 2.45) is 0 Å². The van der Waals surface area contributed by atoms with Crippen molar-refractivity contribution >= 4 is 23.1 Å².